The van der Waals surface area contributed by atoms with Gasteiger partial charge in [0.15, 0.2) is 0 Å². The molecule has 0 saturated carbocycles. The first-order chi connectivity index (χ1) is 5.63. The smallest absolute Gasteiger partial charge is 0.333 e. The Bertz CT molecular complexity index is 289. The van der Waals surface area contributed by atoms with E-state index in [1.54, 1.807) is 16.8 Å². The van der Waals surface area contributed by atoms with Gasteiger partial charge in [0.1, 0.15) is 6.10 Å². The average molecular weight is 184 g/mol. The first kappa shape index (κ1) is 8.96. The van der Waals surface area contributed by atoms with Gasteiger partial charge in [-0.15, -0.1) is 0 Å². The minimum Gasteiger partial charge on any atom is -0.478 e. The summed E-state index contributed by atoms with van der Waals surface area (Å²) in [4.78, 5) is 10.4. The van der Waals surface area contributed by atoms with Crippen molar-refractivity contribution < 1.29 is 15.0 Å². The Balaban J connectivity index is 2.79. The van der Waals surface area contributed by atoms with Crippen LogP contribution in [0.1, 0.15) is 11.7 Å². The highest BCUT2D eigenvalue weighted by Gasteiger charge is 2.17. The maximum absolute atomic E-state index is 10.4. The molecule has 64 valence electrons. The number of carbonyl (C=O) groups is 1. The van der Waals surface area contributed by atoms with E-state index in [1.165, 1.54) is 11.3 Å². The Morgan fingerprint density at radius 2 is 2.33 bits per heavy atom. The fourth-order valence-electron chi connectivity index (χ4n) is 0.749. The first-order valence-electron chi connectivity index (χ1n) is 3.25. The molecule has 1 aromatic rings. The minimum absolute atomic E-state index is 0.201. The number of aliphatic hydroxyl groups excluding tert-OH is 1. The zero-order valence-corrected chi connectivity index (χ0v) is 7.04. The van der Waals surface area contributed by atoms with Gasteiger partial charge in [0.25, 0.3) is 0 Å². The van der Waals surface area contributed by atoms with Gasteiger partial charge in [0, 0.05) is 0 Å². The molecule has 4 heteroatoms. The lowest BCUT2D eigenvalue weighted by atomic mass is 10.1. The fourth-order valence-corrected chi connectivity index (χ4v) is 1.43. The van der Waals surface area contributed by atoms with Gasteiger partial charge < -0.3 is 10.2 Å². The molecule has 3 nitrogen and oxygen atoms in total. The molecule has 12 heavy (non-hydrogen) atoms. The van der Waals surface area contributed by atoms with E-state index in [0.717, 1.165) is 0 Å². The molecule has 0 spiro atoms. The molecule has 0 amide bonds. The summed E-state index contributed by atoms with van der Waals surface area (Å²) in [6.45, 7) is 3.27. The van der Waals surface area contributed by atoms with Gasteiger partial charge in [0.05, 0.1) is 5.57 Å². The normalized spacial score (nSPS) is 12.4. The minimum atomic E-state index is -1.17. The number of carboxylic acid groups (broad SMARTS) is 1. The predicted octanol–water partition coefficient (Wildman–Crippen LogP) is 1.42. The van der Waals surface area contributed by atoms with Gasteiger partial charge in [-0.2, -0.15) is 11.3 Å². The van der Waals surface area contributed by atoms with Gasteiger partial charge >= 0.3 is 5.97 Å². The molecule has 0 fully saturated rings. The molecule has 0 aliphatic rings. The molecule has 1 aromatic heterocycles. The van der Waals surface area contributed by atoms with Gasteiger partial charge in [0.2, 0.25) is 0 Å². The van der Waals surface area contributed by atoms with Crippen molar-refractivity contribution in [3.05, 3.63) is 34.5 Å². The zero-order chi connectivity index (χ0) is 9.14. The van der Waals surface area contributed by atoms with Gasteiger partial charge in [-0.05, 0) is 22.4 Å². The number of thiophene rings is 1. The van der Waals surface area contributed by atoms with Crippen LogP contribution in [-0.2, 0) is 4.79 Å². The van der Waals surface area contributed by atoms with Crippen molar-refractivity contribution in [1.29, 1.82) is 0 Å². The Labute approximate surface area is 73.6 Å². The highest BCUT2D eigenvalue weighted by atomic mass is 32.1. The number of hydrogen-bond acceptors (Lipinski definition) is 3. The first-order valence-corrected chi connectivity index (χ1v) is 4.19. The molecule has 0 unspecified atom stereocenters. The van der Waals surface area contributed by atoms with Crippen LogP contribution in [0.4, 0.5) is 0 Å². The van der Waals surface area contributed by atoms with Crippen LogP contribution in [0.25, 0.3) is 0 Å². The molecule has 0 aromatic carbocycles. The van der Waals surface area contributed by atoms with Crippen LogP contribution in [0.5, 0.6) is 0 Å². The maximum atomic E-state index is 10.4. The number of hydrogen-bond donors (Lipinski definition) is 2. The second kappa shape index (κ2) is 3.51. The Morgan fingerprint density at radius 3 is 2.75 bits per heavy atom. The van der Waals surface area contributed by atoms with E-state index in [9.17, 15) is 9.90 Å². The third-order valence-electron chi connectivity index (χ3n) is 1.46. The fraction of sp³-hybridized carbons (Fsp3) is 0.125. The van der Waals surface area contributed by atoms with Crippen LogP contribution >= 0.6 is 11.3 Å². The Morgan fingerprint density at radius 1 is 1.67 bits per heavy atom. The largest absolute Gasteiger partial charge is 0.478 e. The highest BCUT2D eigenvalue weighted by Crippen LogP contribution is 2.22. The summed E-state index contributed by atoms with van der Waals surface area (Å²) in [6.07, 6.45) is -1.09. The average Bonchev–Trinajstić information content (AvgIpc) is 2.53. The SMILES string of the molecule is C=C(C(=O)O)[C@H](O)c1ccsc1. The van der Waals surface area contributed by atoms with E-state index in [4.69, 9.17) is 5.11 Å². The van der Waals surface area contributed by atoms with Crippen LogP contribution in [0, 0.1) is 0 Å². The molecular formula is C8H8O3S. The number of carboxylic acids is 1. The molecule has 1 rings (SSSR count). The molecule has 0 aliphatic heterocycles. The monoisotopic (exact) mass is 184 g/mol. The summed E-state index contributed by atoms with van der Waals surface area (Å²) in [5.41, 5.74) is 0.376. The van der Waals surface area contributed by atoms with E-state index < -0.39 is 12.1 Å². The number of aliphatic hydroxyl groups is 1. The molecule has 2 N–H and O–H groups in total. The van der Waals surface area contributed by atoms with Crippen LogP contribution < -0.4 is 0 Å². The van der Waals surface area contributed by atoms with Crippen LogP contribution in [0.15, 0.2) is 29.0 Å². The van der Waals surface area contributed by atoms with E-state index in [1.807, 2.05) is 0 Å². The van der Waals surface area contributed by atoms with Crippen molar-refractivity contribution in [2.45, 2.75) is 6.10 Å². The second-order valence-electron chi connectivity index (χ2n) is 2.29. The van der Waals surface area contributed by atoms with Crippen molar-refractivity contribution in [2.24, 2.45) is 0 Å². The molecule has 0 bridgehead atoms. The van der Waals surface area contributed by atoms with E-state index >= 15 is 0 Å². The molecular weight excluding hydrogens is 176 g/mol. The summed E-state index contributed by atoms with van der Waals surface area (Å²) in [6, 6.07) is 1.67. The molecule has 1 atom stereocenters. The summed E-state index contributed by atoms with van der Waals surface area (Å²) < 4.78 is 0. The lowest BCUT2D eigenvalue weighted by Crippen LogP contribution is -2.08. The Kier molecular flexibility index (Phi) is 2.62. The Hall–Kier alpha value is -1.13. The van der Waals surface area contributed by atoms with Crippen molar-refractivity contribution in [1.82, 2.24) is 0 Å². The van der Waals surface area contributed by atoms with Gasteiger partial charge in [-0.25, -0.2) is 4.79 Å². The van der Waals surface area contributed by atoms with E-state index in [0.29, 0.717) is 5.56 Å². The van der Waals surface area contributed by atoms with E-state index in [-0.39, 0.29) is 5.57 Å². The van der Waals surface area contributed by atoms with E-state index in [2.05, 4.69) is 6.58 Å². The summed E-state index contributed by atoms with van der Waals surface area (Å²) in [5.74, 6) is -1.17. The molecule has 0 saturated heterocycles. The van der Waals surface area contributed by atoms with Crippen LogP contribution in [-0.4, -0.2) is 16.2 Å². The lowest BCUT2D eigenvalue weighted by molar-refractivity contribution is -0.133. The number of aliphatic carboxylic acids is 1. The third kappa shape index (κ3) is 1.72. The topological polar surface area (TPSA) is 57.5 Å². The summed E-state index contributed by atoms with van der Waals surface area (Å²) >= 11 is 1.40. The van der Waals surface area contributed by atoms with Crippen molar-refractivity contribution in [2.75, 3.05) is 0 Å². The highest BCUT2D eigenvalue weighted by molar-refractivity contribution is 7.07. The lowest BCUT2D eigenvalue weighted by Gasteiger charge is -2.07. The molecule has 0 aliphatic carbocycles. The summed E-state index contributed by atoms with van der Waals surface area (Å²) in [5, 5.41) is 21.3. The van der Waals surface area contributed by atoms with Crippen molar-refractivity contribution in [3.63, 3.8) is 0 Å². The van der Waals surface area contributed by atoms with Crippen molar-refractivity contribution >= 4 is 17.3 Å². The quantitative estimate of drug-likeness (QED) is 0.698. The molecule has 0 radical (unpaired) electrons. The van der Waals surface area contributed by atoms with Gasteiger partial charge in [-0.3, -0.25) is 0 Å². The van der Waals surface area contributed by atoms with Crippen LogP contribution in [0.2, 0.25) is 0 Å². The zero-order valence-electron chi connectivity index (χ0n) is 6.23. The van der Waals surface area contributed by atoms with Crippen molar-refractivity contribution in [3.8, 4) is 0 Å². The van der Waals surface area contributed by atoms with Gasteiger partial charge in [-0.1, -0.05) is 6.58 Å². The molecule has 1 heterocycles. The number of rotatable bonds is 3. The third-order valence-corrected chi connectivity index (χ3v) is 2.17. The van der Waals surface area contributed by atoms with Crippen LogP contribution in [0.3, 0.4) is 0 Å². The second-order valence-corrected chi connectivity index (χ2v) is 3.07. The maximum Gasteiger partial charge on any atom is 0.333 e. The standard InChI is InChI=1S/C8H8O3S/c1-5(8(10)11)7(9)6-2-3-12-4-6/h2-4,7,9H,1H2,(H,10,11)/t7-/m0/s1. The predicted molar refractivity (Wildman–Crippen MR) is 46.1 cm³/mol. The summed E-state index contributed by atoms with van der Waals surface area (Å²) in [7, 11) is 0.